The number of phenols is 1. The number of para-hydroxylation sites is 1. The summed E-state index contributed by atoms with van der Waals surface area (Å²) in [5.41, 5.74) is 11.9. The van der Waals surface area contributed by atoms with Crippen LogP contribution >= 0.6 is 31.9 Å². The summed E-state index contributed by atoms with van der Waals surface area (Å²) < 4.78 is 28.3. The number of benzene rings is 4. The number of nitriles is 2. The van der Waals surface area contributed by atoms with Gasteiger partial charge in [0.05, 0.1) is 43.3 Å². The van der Waals surface area contributed by atoms with Crippen LogP contribution < -0.4 is 29.4 Å². The molecule has 7 rings (SSSR count). The molecular formula is C45H42Br2N6O7. The van der Waals surface area contributed by atoms with Crippen molar-refractivity contribution in [1.82, 2.24) is 9.97 Å². The molecule has 0 spiro atoms. The average Bonchev–Trinajstić information content (AvgIpc) is 3.23. The third-order valence-corrected chi connectivity index (χ3v) is 9.73. The number of hydrogen-bond acceptors (Lipinski definition) is 12. The van der Waals surface area contributed by atoms with Gasteiger partial charge in [-0.2, -0.15) is 10.5 Å². The minimum absolute atomic E-state index is 0. The number of halogens is 2. The Balaban J connectivity index is 0.000000256. The number of aromatic nitrogens is 2. The number of methoxy groups -OCH3 is 4. The Morgan fingerprint density at radius 3 is 1.95 bits per heavy atom. The molecule has 308 valence electrons. The number of pyridine rings is 2. The van der Waals surface area contributed by atoms with Gasteiger partial charge in [0.1, 0.15) is 40.8 Å². The zero-order valence-electron chi connectivity index (χ0n) is 32.8. The lowest BCUT2D eigenvalue weighted by Gasteiger charge is -2.27. The number of nitrogens with two attached hydrogens (primary N) is 1. The van der Waals surface area contributed by atoms with Gasteiger partial charge >= 0.3 is 0 Å². The van der Waals surface area contributed by atoms with Crippen LogP contribution in [0.5, 0.6) is 34.5 Å². The fraction of sp³-hybridized carbons (Fsp3) is 0.200. The first kappa shape index (κ1) is 47.5. The number of fused-ring (bicyclic) bond motifs is 4. The van der Waals surface area contributed by atoms with Gasteiger partial charge in [-0.05, 0) is 93.7 Å². The van der Waals surface area contributed by atoms with Crippen LogP contribution in [-0.2, 0) is 0 Å². The van der Waals surface area contributed by atoms with Crippen LogP contribution in [0.4, 0.5) is 0 Å². The van der Waals surface area contributed by atoms with Crippen LogP contribution in [0.3, 0.4) is 0 Å². The van der Waals surface area contributed by atoms with E-state index in [4.69, 9.17) is 41.3 Å². The monoisotopic (exact) mass is 936 g/mol. The second kappa shape index (κ2) is 22.3. The highest BCUT2D eigenvalue weighted by Crippen LogP contribution is 2.48. The summed E-state index contributed by atoms with van der Waals surface area (Å²) in [6.07, 6.45) is 0.757. The Kier molecular flexibility index (Phi) is 17.7. The molecule has 4 aromatic carbocycles. The molecule has 0 bridgehead atoms. The van der Waals surface area contributed by atoms with Gasteiger partial charge in [0.15, 0.2) is 28.7 Å². The van der Waals surface area contributed by atoms with Gasteiger partial charge in [-0.1, -0.05) is 43.8 Å². The van der Waals surface area contributed by atoms with Gasteiger partial charge in [0, 0.05) is 33.3 Å². The smallest absolute Gasteiger partial charge is 0.298 e. The quantitative estimate of drug-likeness (QED) is 0.0916. The number of ether oxygens (including phenoxy) is 5. The molecule has 3 heterocycles. The highest BCUT2D eigenvalue weighted by molar-refractivity contribution is 9.11. The average molecular weight is 939 g/mol. The van der Waals surface area contributed by atoms with Crippen LogP contribution in [0.1, 0.15) is 46.2 Å². The van der Waals surface area contributed by atoms with E-state index < -0.39 is 5.92 Å². The fourth-order valence-corrected chi connectivity index (χ4v) is 7.16. The van der Waals surface area contributed by atoms with Crippen molar-refractivity contribution in [3.8, 4) is 46.6 Å². The maximum atomic E-state index is 10.5. The van der Waals surface area contributed by atoms with Crippen LogP contribution in [-0.4, -0.2) is 56.3 Å². The Morgan fingerprint density at radius 2 is 1.42 bits per heavy atom. The van der Waals surface area contributed by atoms with Crippen LogP contribution in [0.25, 0.3) is 26.7 Å². The van der Waals surface area contributed by atoms with Crippen LogP contribution in [0.15, 0.2) is 99.3 Å². The summed E-state index contributed by atoms with van der Waals surface area (Å²) >= 11 is 6.81. The predicted octanol–water partition coefficient (Wildman–Crippen LogP) is 10.1. The first-order chi connectivity index (χ1) is 28.4. The van der Waals surface area contributed by atoms with Gasteiger partial charge in [-0.25, -0.2) is 16.5 Å². The number of rotatable bonds is 6. The SMILES string of the molecule is C.COc1cc(C2C(C#N)=C(N)Oc3c2ccc2ccc(C)nc32)cc(Br)c1OC.COc1cc(C=O)cc(Br)c1OC.Cc1ccc2cccc(O)c2n1.[C-]#[N+]CC#N. The molecule has 0 saturated carbocycles. The van der Waals surface area contributed by atoms with Gasteiger partial charge < -0.3 is 39.4 Å². The normalized spacial score (nSPS) is 12.0. The van der Waals surface area contributed by atoms with Crippen molar-refractivity contribution in [1.29, 1.82) is 10.5 Å². The van der Waals surface area contributed by atoms with Crippen molar-refractivity contribution < 1.29 is 33.6 Å². The molecule has 6 aromatic rings. The van der Waals surface area contributed by atoms with E-state index in [1.54, 1.807) is 45.6 Å². The van der Waals surface area contributed by atoms with E-state index in [-0.39, 0.29) is 25.6 Å². The van der Waals surface area contributed by atoms with Crippen molar-refractivity contribution >= 4 is 60.0 Å². The number of carbonyl (C=O) groups excluding carboxylic acids is 1. The molecule has 13 nitrogen and oxygen atoms in total. The van der Waals surface area contributed by atoms with E-state index >= 15 is 0 Å². The number of allylic oxidation sites excluding steroid dienone is 1. The Morgan fingerprint density at radius 1 is 0.850 bits per heavy atom. The molecule has 1 atom stereocenters. The molecule has 0 aliphatic carbocycles. The van der Waals surface area contributed by atoms with Gasteiger partial charge in [0.25, 0.3) is 6.54 Å². The maximum absolute atomic E-state index is 10.5. The maximum Gasteiger partial charge on any atom is 0.298 e. The number of hydrogen-bond donors (Lipinski definition) is 2. The molecule has 0 saturated heterocycles. The first-order valence-corrected chi connectivity index (χ1v) is 19.0. The lowest BCUT2D eigenvalue weighted by atomic mass is 9.83. The largest absolute Gasteiger partial charge is 0.506 e. The molecule has 60 heavy (non-hydrogen) atoms. The number of aryl methyl sites for hydroxylation is 2. The Bertz CT molecular complexity index is 2660. The van der Waals surface area contributed by atoms with Crippen LogP contribution in [0, 0.1) is 43.1 Å². The second-order valence-corrected chi connectivity index (χ2v) is 14.0. The van der Waals surface area contributed by atoms with Gasteiger partial charge in [0.2, 0.25) is 5.88 Å². The van der Waals surface area contributed by atoms with E-state index in [0.29, 0.717) is 59.9 Å². The summed E-state index contributed by atoms with van der Waals surface area (Å²) in [4.78, 5) is 22.1. The van der Waals surface area contributed by atoms with E-state index in [2.05, 4.69) is 52.7 Å². The molecule has 1 aliphatic heterocycles. The van der Waals surface area contributed by atoms with E-state index in [9.17, 15) is 15.2 Å². The number of phenolic OH excluding ortho intramolecular Hbond substituents is 1. The standard InChI is InChI=1S/C22H18BrN3O3.C10H9NO.C9H9BrO3.C3H2N2.CH4/c1-11-4-5-12-6-7-14-18(13-8-16(23)21(28-3)17(9-13)27-2)15(10-24)22(25)29-20(14)19(12)26-11;1-7-5-6-8-3-2-4-9(12)10(8)11-7;1-12-8-4-6(5-11)3-7(10)9(8)13-2;1-5-3-2-4;/h4-9,18H,25H2,1-3H3;2-6,12H,1H3;3-5H,1-2H3;3H2;1H4. The van der Waals surface area contributed by atoms with Gasteiger partial charge in [-0.15, -0.1) is 0 Å². The zero-order valence-corrected chi connectivity index (χ0v) is 36.0. The zero-order chi connectivity index (χ0) is 43.2. The molecule has 2 aromatic heterocycles. The van der Waals surface area contributed by atoms with Gasteiger partial charge in [-0.3, -0.25) is 4.79 Å². The summed E-state index contributed by atoms with van der Waals surface area (Å²) in [6.45, 7) is 9.82. The Labute approximate surface area is 365 Å². The molecule has 1 unspecified atom stereocenters. The molecule has 0 radical (unpaired) electrons. The van der Waals surface area contributed by atoms with Crippen molar-refractivity contribution in [3.05, 3.63) is 139 Å². The molecule has 3 N–H and O–H groups in total. The molecular weight excluding hydrogens is 896 g/mol. The van der Waals surface area contributed by atoms with E-state index in [1.165, 1.54) is 7.11 Å². The van der Waals surface area contributed by atoms with Crippen molar-refractivity contribution in [2.24, 2.45) is 5.73 Å². The Hall–Kier alpha value is -6.86. The minimum Gasteiger partial charge on any atom is -0.506 e. The lowest BCUT2D eigenvalue weighted by Crippen LogP contribution is -2.21. The number of aldehydes is 1. The second-order valence-electron chi connectivity index (χ2n) is 12.3. The molecule has 0 fully saturated rings. The topological polar surface area (TPSA) is 187 Å². The summed E-state index contributed by atoms with van der Waals surface area (Å²) in [5.74, 6) is 2.73. The molecule has 15 heteroatoms. The van der Waals surface area contributed by atoms with Crippen LogP contribution in [0.2, 0.25) is 0 Å². The van der Waals surface area contributed by atoms with Crippen molar-refractivity contribution in [2.45, 2.75) is 27.2 Å². The third-order valence-electron chi connectivity index (χ3n) is 8.55. The number of nitrogens with zero attached hydrogens (tertiary/aromatic N) is 5. The van der Waals surface area contributed by atoms with E-state index in [0.717, 1.165) is 39.6 Å². The highest BCUT2D eigenvalue weighted by atomic mass is 79.9. The van der Waals surface area contributed by atoms with E-state index in [1.807, 2.05) is 74.5 Å². The summed E-state index contributed by atoms with van der Waals surface area (Å²) in [5, 5.41) is 28.8. The number of carbonyl (C=O) groups is 1. The highest BCUT2D eigenvalue weighted by Gasteiger charge is 2.33. The minimum atomic E-state index is -0.424. The first-order valence-electron chi connectivity index (χ1n) is 17.4. The summed E-state index contributed by atoms with van der Waals surface area (Å²) in [7, 11) is 6.22. The fourth-order valence-electron chi connectivity index (χ4n) is 5.91. The van der Waals surface area contributed by atoms with Crippen molar-refractivity contribution in [3.63, 3.8) is 0 Å². The summed E-state index contributed by atoms with van der Waals surface area (Å²) in [6, 6.07) is 28.1. The number of aromatic hydroxyl groups is 1. The van der Waals surface area contributed by atoms with Crippen molar-refractivity contribution in [2.75, 3.05) is 35.0 Å². The third kappa shape index (κ3) is 11.0. The molecule has 0 amide bonds. The predicted molar refractivity (Wildman–Crippen MR) is 238 cm³/mol. The molecule has 1 aliphatic rings. The lowest BCUT2D eigenvalue weighted by molar-refractivity contribution is 0.112.